The van der Waals surface area contributed by atoms with E-state index in [2.05, 4.69) is 0 Å². The maximum atomic E-state index is 13.3. The molecule has 7 heteroatoms. The Kier molecular flexibility index (Phi) is 5.88. The third-order valence-electron chi connectivity index (χ3n) is 2.80. The van der Waals surface area contributed by atoms with Gasteiger partial charge < -0.3 is 4.90 Å². The monoisotopic (exact) mass is 302 g/mol. The van der Waals surface area contributed by atoms with Gasteiger partial charge in [-0.15, -0.1) is 11.6 Å². The van der Waals surface area contributed by atoms with Crippen molar-refractivity contribution in [3.8, 4) is 0 Å². The molecule has 0 saturated carbocycles. The zero-order chi connectivity index (χ0) is 15.3. The van der Waals surface area contributed by atoms with E-state index in [0.717, 1.165) is 18.2 Å². The summed E-state index contributed by atoms with van der Waals surface area (Å²) >= 11 is 5.60. The predicted molar refractivity (Wildman–Crippen MR) is 74.6 cm³/mol. The quantitative estimate of drug-likeness (QED) is 0.460. The fourth-order valence-electron chi connectivity index (χ4n) is 1.82. The number of carbonyl (C=O) groups is 1. The highest BCUT2D eigenvalue weighted by atomic mass is 35.5. The molecular formula is C13H16ClFN2O3. The van der Waals surface area contributed by atoms with Crippen molar-refractivity contribution < 1.29 is 14.1 Å². The second kappa shape index (κ2) is 7.19. The number of alkyl halides is 1. The van der Waals surface area contributed by atoms with E-state index in [4.69, 9.17) is 11.6 Å². The first-order valence-corrected chi connectivity index (χ1v) is 6.72. The highest BCUT2D eigenvalue weighted by molar-refractivity contribution is 6.17. The Balaban J connectivity index is 3.16. The Morgan fingerprint density at radius 3 is 2.65 bits per heavy atom. The molecule has 0 aliphatic rings. The van der Waals surface area contributed by atoms with Crippen molar-refractivity contribution >= 4 is 23.2 Å². The van der Waals surface area contributed by atoms with Crippen LogP contribution in [-0.4, -0.2) is 34.2 Å². The number of amides is 1. The lowest BCUT2D eigenvalue weighted by Crippen LogP contribution is -2.38. The maximum Gasteiger partial charge on any atom is 0.282 e. The van der Waals surface area contributed by atoms with Crippen LogP contribution in [0.2, 0.25) is 0 Å². The number of carbonyl (C=O) groups excluding carboxylic acids is 1. The molecule has 0 aliphatic carbocycles. The molecule has 0 N–H and O–H groups in total. The number of nitrogens with zero attached hydrogens (tertiary/aromatic N) is 2. The molecular weight excluding hydrogens is 287 g/mol. The van der Waals surface area contributed by atoms with Crippen LogP contribution in [0.5, 0.6) is 0 Å². The zero-order valence-corrected chi connectivity index (χ0v) is 12.1. The summed E-state index contributed by atoms with van der Waals surface area (Å²) in [5, 5.41) is 10.9. The summed E-state index contributed by atoms with van der Waals surface area (Å²) in [7, 11) is 0. The Morgan fingerprint density at radius 1 is 1.50 bits per heavy atom. The van der Waals surface area contributed by atoms with Gasteiger partial charge in [-0.25, -0.2) is 4.39 Å². The minimum absolute atomic E-state index is 0.159. The molecule has 0 fully saturated rings. The first kappa shape index (κ1) is 16.4. The van der Waals surface area contributed by atoms with E-state index in [9.17, 15) is 19.3 Å². The molecule has 1 amide bonds. The molecule has 0 radical (unpaired) electrons. The van der Waals surface area contributed by atoms with Gasteiger partial charge in [-0.05, 0) is 32.4 Å². The van der Waals surface area contributed by atoms with Gasteiger partial charge in [-0.1, -0.05) is 0 Å². The fourth-order valence-corrected chi connectivity index (χ4v) is 1.94. The van der Waals surface area contributed by atoms with Crippen molar-refractivity contribution in [1.82, 2.24) is 4.90 Å². The molecule has 0 spiro atoms. The fraction of sp³-hybridized carbons (Fsp3) is 0.462. The van der Waals surface area contributed by atoms with Crippen LogP contribution >= 0.6 is 11.6 Å². The first-order valence-electron chi connectivity index (χ1n) is 6.19. The van der Waals surface area contributed by atoms with Crippen LogP contribution in [0, 0.1) is 15.9 Å². The highest BCUT2D eigenvalue weighted by Gasteiger charge is 2.26. The highest BCUT2D eigenvalue weighted by Crippen LogP contribution is 2.22. The Hall–Kier alpha value is -1.69. The molecule has 1 rings (SSSR count). The van der Waals surface area contributed by atoms with Gasteiger partial charge in [0.05, 0.1) is 4.92 Å². The molecule has 5 nitrogen and oxygen atoms in total. The summed E-state index contributed by atoms with van der Waals surface area (Å²) in [5.41, 5.74) is -0.633. The van der Waals surface area contributed by atoms with E-state index >= 15 is 0 Å². The van der Waals surface area contributed by atoms with Gasteiger partial charge >= 0.3 is 0 Å². The number of halogens is 2. The summed E-state index contributed by atoms with van der Waals surface area (Å²) in [6.07, 6.45) is 0.564. The van der Waals surface area contributed by atoms with Gasteiger partial charge in [0.2, 0.25) is 0 Å². The van der Waals surface area contributed by atoms with Crippen LogP contribution in [0.3, 0.4) is 0 Å². The number of benzene rings is 1. The van der Waals surface area contributed by atoms with E-state index in [1.807, 2.05) is 0 Å². The normalized spacial score (nSPS) is 10.7. The summed E-state index contributed by atoms with van der Waals surface area (Å²) < 4.78 is 13.3. The van der Waals surface area contributed by atoms with Crippen molar-refractivity contribution in [1.29, 1.82) is 0 Å². The maximum absolute atomic E-state index is 13.3. The van der Waals surface area contributed by atoms with Gasteiger partial charge in [0.15, 0.2) is 0 Å². The van der Waals surface area contributed by atoms with Crippen molar-refractivity contribution in [2.75, 3.05) is 12.4 Å². The minimum atomic E-state index is -0.688. The standard InChI is InChI=1S/C13H16ClFN2O3/c1-9(2)16(7-3-6-14)13(18)11-8-10(15)4-5-12(11)17(19)20/h4-5,8-9H,3,6-7H2,1-2H3. The smallest absolute Gasteiger partial charge is 0.282 e. The van der Waals surface area contributed by atoms with Crippen LogP contribution in [0.15, 0.2) is 18.2 Å². The van der Waals surface area contributed by atoms with E-state index in [1.165, 1.54) is 4.90 Å². The van der Waals surface area contributed by atoms with Gasteiger partial charge in [-0.3, -0.25) is 14.9 Å². The molecule has 1 aromatic carbocycles. The average molecular weight is 303 g/mol. The van der Waals surface area contributed by atoms with Gasteiger partial charge in [0.25, 0.3) is 11.6 Å². The van der Waals surface area contributed by atoms with Gasteiger partial charge in [0, 0.05) is 24.5 Å². The second-order valence-corrected chi connectivity index (χ2v) is 4.93. The number of hydrogen-bond acceptors (Lipinski definition) is 3. The molecule has 0 atom stereocenters. The third kappa shape index (κ3) is 3.90. The number of hydrogen-bond donors (Lipinski definition) is 0. The van der Waals surface area contributed by atoms with Crippen molar-refractivity contribution in [2.45, 2.75) is 26.3 Å². The van der Waals surface area contributed by atoms with E-state index in [-0.39, 0.29) is 11.6 Å². The van der Waals surface area contributed by atoms with Crippen LogP contribution < -0.4 is 0 Å². The Morgan fingerprint density at radius 2 is 2.15 bits per heavy atom. The molecule has 0 aromatic heterocycles. The van der Waals surface area contributed by atoms with E-state index in [1.54, 1.807) is 13.8 Å². The van der Waals surface area contributed by atoms with Crippen molar-refractivity contribution in [3.63, 3.8) is 0 Å². The van der Waals surface area contributed by atoms with Crippen molar-refractivity contribution in [2.24, 2.45) is 0 Å². The average Bonchev–Trinajstić information content (AvgIpc) is 2.38. The molecule has 0 aliphatic heterocycles. The number of nitro groups is 1. The van der Waals surface area contributed by atoms with Gasteiger partial charge in [0.1, 0.15) is 11.4 Å². The molecule has 0 heterocycles. The largest absolute Gasteiger partial charge is 0.336 e. The van der Waals surface area contributed by atoms with Crippen LogP contribution in [0.4, 0.5) is 10.1 Å². The molecule has 0 bridgehead atoms. The summed E-state index contributed by atoms with van der Waals surface area (Å²) in [4.78, 5) is 24.1. The van der Waals surface area contributed by atoms with Crippen LogP contribution in [0.1, 0.15) is 30.6 Å². The molecule has 0 saturated heterocycles. The number of nitro benzene ring substituents is 1. The van der Waals surface area contributed by atoms with Crippen LogP contribution in [0.25, 0.3) is 0 Å². The SMILES string of the molecule is CC(C)N(CCCCl)C(=O)c1cc(F)ccc1[N+](=O)[O-]. The first-order chi connectivity index (χ1) is 9.38. The minimum Gasteiger partial charge on any atom is -0.336 e. The Labute approximate surface area is 121 Å². The molecule has 110 valence electrons. The summed E-state index contributed by atoms with van der Waals surface area (Å²) in [5.74, 6) is -0.863. The third-order valence-corrected chi connectivity index (χ3v) is 3.07. The lowest BCUT2D eigenvalue weighted by atomic mass is 10.1. The van der Waals surface area contributed by atoms with Crippen molar-refractivity contribution in [3.05, 3.63) is 39.7 Å². The molecule has 20 heavy (non-hydrogen) atoms. The van der Waals surface area contributed by atoms with E-state index < -0.39 is 22.3 Å². The Bertz CT molecular complexity index is 508. The lowest BCUT2D eigenvalue weighted by molar-refractivity contribution is -0.385. The van der Waals surface area contributed by atoms with Crippen LogP contribution in [-0.2, 0) is 0 Å². The topological polar surface area (TPSA) is 63.5 Å². The second-order valence-electron chi connectivity index (χ2n) is 4.55. The summed E-state index contributed by atoms with van der Waals surface area (Å²) in [6, 6.07) is 2.71. The van der Waals surface area contributed by atoms with Gasteiger partial charge in [-0.2, -0.15) is 0 Å². The molecule has 1 aromatic rings. The van der Waals surface area contributed by atoms with E-state index in [0.29, 0.717) is 18.8 Å². The lowest BCUT2D eigenvalue weighted by Gasteiger charge is -2.26. The number of rotatable bonds is 6. The molecule has 0 unspecified atom stereocenters. The summed E-state index contributed by atoms with van der Waals surface area (Å²) in [6.45, 7) is 3.95. The zero-order valence-electron chi connectivity index (χ0n) is 11.3. The predicted octanol–water partition coefficient (Wildman–Crippen LogP) is 3.21.